The summed E-state index contributed by atoms with van der Waals surface area (Å²) in [7, 11) is 0. The predicted octanol–water partition coefficient (Wildman–Crippen LogP) is 2.95. The summed E-state index contributed by atoms with van der Waals surface area (Å²) in [5.41, 5.74) is 0. The number of allylic oxidation sites excluding steroid dienone is 1. The highest BCUT2D eigenvalue weighted by atomic mass is 16.5. The molecule has 0 aliphatic carbocycles. The van der Waals surface area contributed by atoms with Gasteiger partial charge in [0, 0.05) is 0 Å². The lowest BCUT2D eigenvalue weighted by Gasteiger charge is -2.31. The van der Waals surface area contributed by atoms with Crippen molar-refractivity contribution in [2.24, 2.45) is 11.8 Å². The van der Waals surface area contributed by atoms with Gasteiger partial charge in [-0.2, -0.15) is 0 Å². The summed E-state index contributed by atoms with van der Waals surface area (Å²) < 4.78 is 5.76. The van der Waals surface area contributed by atoms with E-state index in [1.165, 1.54) is 18.6 Å². The number of nitrogens with one attached hydrogen (secondary N) is 1. The first-order valence-electron chi connectivity index (χ1n) is 6.23. The maximum absolute atomic E-state index is 5.76. The normalized spacial score (nSPS) is 20.7. The molecule has 0 amide bonds. The highest BCUT2D eigenvalue weighted by Gasteiger charge is 2.25. The van der Waals surface area contributed by atoms with Crippen molar-refractivity contribution in [3.05, 3.63) is 11.8 Å². The average Bonchev–Trinajstić information content (AvgIpc) is 2.26. The molecule has 2 nitrogen and oxygen atoms in total. The minimum absolute atomic E-state index is 0.398. The van der Waals surface area contributed by atoms with Crippen LogP contribution in [0.15, 0.2) is 11.8 Å². The Morgan fingerprint density at radius 3 is 2.60 bits per heavy atom. The molecule has 15 heavy (non-hydrogen) atoms. The topological polar surface area (TPSA) is 21.3 Å². The van der Waals surface area contributed by atoms with E-state index in [0.29, 0.717) is 17.9 Å². The quantitative estimate of drug-likeness (QED) is 0.755. The van der Waals surface area contributed by atoms with Crippen LogP contribution in [0.3, 0.4) is 0 Å². The molecule has 1 aliphatic rings. The second-order valence-corrected chi connectivity index (χ2v) is 4.74. The molecule has 1 aliphatic heterocycles. The molecule has 0 spiro atoms. The molecule has 1 rings (SSSR count). The number of ether oxygens (including phenoxy) is 1. The van der Waals surface area contributed by atoms with Crippen molar-refractivity contribution in [3.8, 4) is 0 Å². The maximum Gasteiger partial charge on any atom is 0.109 e. The van der Waals surface area contributed by atoms with E-state index in [1.807, 2.05) is 0 Å². The molecular weight excluding hydrogens is 186 g/mol. The van der Waals surface area contributed by atoms with Crippen molar-refractivity contribution in [1.82, 2.24) is 5.32 Å². The first kappa shape index (κ1) is 12.6. The number of likely N-dealkylation sites (N-methyl/N-ethyl adjacent to an activating group) is 1. The fraction of sp³-hybridized carbons (Fsp3) is 0.846. The Balaban J connectivity index is 2.67. The lowest BCUT2D eigenvalue weighted by Crippen LogP contribution is -2.40. The SMILES string of the molecule is CCNC(C1=CCCCO1)C(C)C(C)C. The Morgan fingerprint density at radius 1 is 1.40 bits per heavy atom. The zero-order valence-electron chi connectivity index (χ0n) is 10.5. The van der Waals surface area contributed by atoms with Gasteiger partial charge in [-0.25, -0.2) is 0 Å². The van der Waals surface area contributed by atoms with Crippen LogP contribution in [0.1, 0.15) is 40.5 Å². The molecule has 2 heteroatoms. The summed E-state index contributed by atoms with van der Waals surface area (Å²) >= 11 is 0. The number of hydrogen-bond donors (Lipinski definition) is 1. The molecule has 0 fully saturated rings. The molecule has 88 valence electrons. The molecule has 0 aromatic heterocycles. The highest BCUT2D eigenvalue weighted by molar-refractivity contribution is 5.07. The molecule has 1 N–H and O–H groups in total. The van der Waals surface area contributed by atoms with Gasteiger partial charge in [0.15, 0.2) is 0 Å². The second kappa shape index (κ2) is 6.16. The molecule has 0 radical (unpaired) electrons. The molecule has 0 saturated heterocycles. The van der Waals surface area contributed by atoms with E-state index in [2.05, 4.69) is 39.1 Å². The van der Waals surface area contributed by atoms with E-state index < -0.39 is 0 Å². The van der Waals surface area contributed by atoms with Crippen LogP contribution < -0.4 is 5.32 Å². The third-order valence-electron chi connectivity index (χ3n) is 3.27. The maximum atomic E-state index is 5.76. The molecule has 0 aromatic carbocycles. The van der Waals surface area contributed by atoms with Crippen LogP contribution in [0.25, 0.3) is 0 Å². The van der Waals surface area contributed by atoms with Gasteiger partial charge in [-0.05, 0) is 37.3 Å². The second-order valence-electron chi connectivity index (χ2n) is 4.74. The monoisotopic (exact) mass is 211 g/mol. The summed E-state index contributed by atoms with van der Waals surface area (Å²) in [6.07, 6.45) is 4.59. The smallest absolute Gasteiger partial charge is 0.109 e. The summed E-state index contributed by atoms with van der Waals surface area (Å²) in [5, 5.41) is 3.54. The third kappa shape index (κ3) is 3.53. The average molecular weight is 211 g/mol. The first-order valence-corrected chi connectivity index (χ1v) is 6.23. The van der Waals surface area contributed by atoms with Crippen molar-refractivity contribution in [2.45, 2.75) is 46.6 Å². The van der Waals surface area contributed by atoms with Gasteiger partial charge < -0.3 is 10.1 Å². The minimum atomic E-state index is 0.398. The lowest BCUT2D eigenvalue weighted by molar-refractivity contribution is 0.144. The van der Waals surface area contributed by atoms with E-state index in [9.17, 15) is 0 Å². The number of hydrogen-bond acceptors (Lipinski definition) is 2. The van der Waals surface area contributed by atoms with Crippen molar-refractivity contribution >= 4 is 0 Å². The van der Waals surface area contributed by atoms with Crippen LogP contribution in [0.5, 0.6) is 0 Å². The van der Waals surface area contributed by atoms with E-state index in [0.717, 1.165) is 13.2 Å². The van der Waals surface area contributed by atoms with Crippen LogP contribution in [0.4, 0.5) is 0 Å². The van der Waals surface area contributed by atoms with Crippen LogP contribution in [-0.4, -0.2) is 19.2 Å². The van der Waals surface area contributed by atoms with Crippen LogP contribution >= 0.6 is 0 Å². The van der Waals surface area contributed by atoms with E-state index in [-0.39, 0.29) is 0 Å². The Morgan fingerprint density at radius 2 is 2.13 bits per heavy atom. The predicted molar refractivity (Wildman–Crippen MR) is 64.7 cm³/mol. The summed E-state index contributed by atoms with van der Waals surface area (Å²) in [4.78, 5) is 0. The Bertz CT molecular complexity index is 211. The molecule has 0 aromatic rings. The van der Waals surface area contributed by atoms with Gasteiger partial charge in [0.1, 0.15) is 5.76 Å². The van der Waals surface area contributed by atoms with Gasteiger partial charge in [0.05, 0.1) is 12.6 Å². The molecular formula is C13H25NO. The van der Waals surface area contributed by atoms with E-state index in [4.69, 9.17) is 4.74 Å². The van der Waals surface area contributed by atoms with Crippen molar-refractivity contribution in [2.75, 3.05) is 13.2 Å². The summed E-state index contributed by atoms with van der Waals surface area (Å²) in [5.74, 6) is 2.47. The summed E-state index contributed by atoms with van der Waals surface area (Å²) in [6, 6.07) is 0.398. The zero-order chi connectivity index (χ0) is 11.3. The van der Waals surface area contributed by atoms with Gasteiger partial charge in [0.2, 0.25) is 0 Å². The third-order valence-corrected chi connectivity index (χ3v) is 3.27. The Labute approximate surface area is 94.1 Å². The Hall–Kier alpha value is -0.500. The largest absolute Gasteiger partial charge is 0.497 e. The number of rotatable bonds is 5. The van der Waals surface area contributed by atoms with Crippen LogP contribution in [0.2, 0.25) is 0 Å². The lowest BCUT2D eigenvalue weighted by atomic mass is 9.88. The fourth-order valence-electron chi connectivity index (χ4n) is 1.94. The van der Waals surface area contributed by atoms with Gasteiger partial charge >= 0.3 is 0 Å². The minimum Gasteiger partial charge on any atom is -0.497 e. The molecule has 2 atom stereocenters. The van der Waals surface area contributed by atoms with Gasteiger partial charge in [0.25, 0.3) is 0 Å². The first-order chi connectivity index (χ1) is 7.16. The molecule has 1 heterocycles. The van der Waals surface area contributed by atoms with Gasteiger partial charge in [-0.1, -0.05) is 27.7 Å². The van der Waals surface area contributed by atoms with Crippen LogP contribution in [-0.2, 0) is 4.74 Å². The molecule has 2 unspecified atom stereocenters. The van der Waals surface area contributed by atoms with E-state index in [1.54, 1.807) is 0 Å². The van der Waals surface area contributed by atoms with Crippen molar-refractivity contribution < 1.29 is 4.74 Å². The van der Waals surface area contributed by atoms with Crippen molar-refractivity contribution in [3.63, 3.8) is 0 Å². The van der Waals surface area contributed by atoms with Gasteiger partial charge in [-0.3, -0.25) is 0 Å². The summed E-state index contributed by atoms with van der Waals surface area (Å²) in [6.45, 7) is 10.9. The Kier molecular flexibility index (Phi) is 5.16. The standard InChI is InChI=1S/C13H25NO/c1-5-14-13(11(4)10(2)3)12-8-6-7-9-15-12/h8,10-11,13-14H,5-7,9H2,1-4H3. The zero-order valence-corrected chi connectivity index (χ0v) is 10.5. The van der Waals surface area contributed by atoms with Crippen molar-refractivity contribution in [1.29, 1.82) is 0 Å². The van der Waals surface area contributed by atoms with E-state index >= 15 is 0 Å². The fourth-order valence-corrected chi connectivity index (χ4v) is 1.94. The highest BCUT2D eigenvalue weighted by Crippen LogP contribution is 2.23. The molecule has 0 bridgehead atoms. The molecule has 0 saturated carbocycles. The van der Waals surface area contributed by atoms with Crippen LogP contribution in [0, 0.1) is 11.8 Å². The van der Waals surface area contributed by atoms with Gasteiger partial charge in [-0.15, -0.1) is 0 Å².